The molecule has 2 aliphatic heterocycles. The Labute approximate surface area is 240 Å². The van der Waals surface area contributed by atoms with Crippen molar-refractivity contribution in [2.45, 2.75) is 77.4 Å². The number of carbonyl (C=O) groups excluding carboxylic acids is 7. The van der Waals surface area contributed by atoms with Crippen LogP contribution in [0.2, 0.25) is 0 Å². The third kappa shape index (κ3) is 9.57. The van der Waals surface area contributed by atoms with Gasteiger partial charge >= 0.3 is 17.9 Å². The van der Waals surface area contributed by atoms with Crippen molar-refractivity contribution in [1.82, 2.24) is 21.3 Å². The first-order valence-corrected chi connectivity index (χ1v) is 12.8. The van der Waals surface area contributed by atoms with Gasteiger partial charge in [0.1, 0.15) is 24.2 Å². The van der Waals surface area contributed by atoms with Crippen LogP contribution in [0.5, 0.6) is 0 Å². The van der Waals surface area contributed by atoms with Crippen LogP contribution in [-0.2, 0) is 54.3 Å². The molecule has 42 heavy (non-hydrogen) atoms. The molecule has 228 valence electrons. The summed E-state index contributed by atoms with van der Waals surface area (Å²) in [5, 5.41) is 21.3. The van der Waals surface area contributed by atoms with E-state index in [0.717, 1.165) is 13.8 Å². The third-order valence-electron chi connectivity index (χ3n) is 5.91. The van der Waals surface area contributed by atoms with Crippen LogP contribution in [0.15, 0.2) is 24.3 Å². The van der Waals surface area contributed by atoms with Gasteiger partial charge in [0, 0.05) is 26.0 Å². The van der Waals surface area contributed by atoms with Gasteiger partial charge in [-0.1, -0.05) is 12.1 Å². The van der Waals surface area contributed by atoms with Gasteiger partial charge < -0.3 is 41.2 Å². The summed E-state index contributed by atoms with van der Waals surface area (Å²) in [5.41, 5.74) is 0.588. The second-order valence-corrected chi connectivity index (χ2v) is 9.54. The normalized spacial score (nSPS) is 26.3. The summed E-state index contributed by atoms with van der Waals surface area (Å²) in [6.45, 7) is 5.78. The summed E-state index contributed by atoms with van der Waals surface area (Å²) in [5.74, 6) is -7.99. The van der Waals surface area contributed by atoms with E-state index in [4.69, 9.17) is 9.47 Å². The number of carboxylic acid groups (broad SMARTS) is 1. The second kappa shape index (κ2) is 14.6. The standard InChI is InChI=1S/C26H33N5O11/c1-11-21(34)28-13(3)23(36)31-18(26(39)40)10-16-6-8-17(9-7-16)30-25(38)20(42-15(5)33)19(41-14(4)32)24(37)29-12(2)22(35)27-11/h6-9,11-13,18-20H,10H2,1-5H3,(H,27,35)(H,28,34)(H,29,37)(H,30,38)(H,31,36)(H,39,40). The smallest absolute Gasteiger partial charge is 0.326 e. The van der Waals surface area contributed by atoms with Gasteiger partial charge in [-0.15, -0.1) is 0 Å². The van der Waals surface area contributed by atoms with E-state index in [-0.39, 0.29) is 12.1 Å². The lowest BCUT2D eigenvalue weighted by molar-refractivity contribution is -0.173. The number of fused-ring (bicyclic) bond motifs is 18. The number of aliphatic carboxylic acids is 1. The predicted octanol–water partition coefficient (Wildman–Crippen LogP) is -1.87. The number of ether oxygens (including phenoxy) is 2. The van der Waals surface area contributed by atoms with E-state index in [1.165, 1.54) is 45.0 Å². The van der Waals surface area contributed by atoms with Crippen molar-refractivity contribution in [3.8, 4) is 0 Å². The van der Waals surface area contributed by atoms with E-state index >= 15 is 0 Å². The molecule has 2 bridgehead atoms. The average Bonchev–Trinajstić information content (AvgIpc) is 2.89. The van der Waals surface area contributed by atoms with Crippen molar-refractivity contribution in [3.05, 3.63) is 29.8 Å². The van der Waals surface area contributed by atoms with Crippen molar-refractivity contribution in [3.63, 3.8) is 0 Å². The number of hydrogen-bond acceptors (Lipinski definition) is 10. The number of amides is 5. The summed E-state index contributed by atoms with van der Waals surface area (Å²) in [6.07, 6.45) is -4.15. The Bertz CT molecular complexity index is 1250. The first-order valence-electron chi connectivity index (χ1n) is 12.8. The number of carbonyl (C=O) groups is 8. The number of rotatable bonds is 3. The molecule has 1 aromatic rings. The van der Waals surface area contributed by atoms with Gasteiger partial charge in [-0.05, 0) is 38.5 Å². The lowest BCUT2D eigenvalue weighted by Crippen LogP contribution is -2.58. The first kappa shape index (κ1) is 33.2. The highest BCUT2D eigenvalue weighted by molar-refractivity contribution is 6.01. The molecule has 6 atom stereocenters. The number of carboxylic acids is 1. The van der Waals surface area contributed by atoms with Crippen molar-refractivity contribution in [2.24, 2.45) is 0 Å². The van der Waals surface area contributed by atoms with Gasteiger partial charge in [-0.2, -0.15) is 0 Å². The Morgan fingerprint density at radius 2 is 1.07 bits per heavy atom. The zero-order chi connectivity index (χ0) is 31.7. The average molecular weight is 592 g/mol. The molecule has 16 nitrogen and oxygen atoms in total. The fraction of sp³-hybridized carbons (Fsp3) is 0.462. The summed E-state index contributed by atoms with van der Waals surface area (Å²) >= 11 is 0. The van der Waals surface area contributed by atoms with E-state index in [2.05, 4.69) is 26.6 Å². The third-order valence-corrected chi connectivity index (χ3v) is 5.91. The van der Waals surface area contributed by atoms with Gasteiger partial charge in [0.05, 0.1) is 0 Å². The molecule has 0 saturated heterocycles. The molecule has 16 heteroatoms. The second-order valence-electron chi connectivity index (χ2n) is 9.54. The molecule has 1 aromatic carbocycles. The van der Waals surface area contributed by atoms with Crippen LogP contribution in [0.3, 0.4) is 0 Å². The molecule has 0 fully saturated rings. The van der Waals surface area contributed by atoms with Gasteiger partial charge in [-0.3, -0.25) is 33.6 Å². The summed E-state index contributed by atoms with van der Waals surface area (Å²) in [4.78, 5) is 99.5. The molecular weight excluding hydrogens is 558 g/mol. The van der Waals surface area contributed by atoms with E-state index in [9.17, 15) is 43.5 Å². The fourth-order valence-corrected chi connectivity index (χ4v) is 3.70. The summed E-state index contributed by atoms with van der Waals surface area (Å²) in [7, 11) is 0. The van der Waals surface area contributed by atoms with Crippen molar-refractivity contribution < 1.29 is 52.9 Å². The highest BCUT2D eigenvalue weighted by Crippen LogP contribution is 2.15. The van der Waals surface area contributed by atoms with Crippen molar-refractivity contribution in [1.29, 1.82) is 0 Å². The lowest BCUT2D eigenvalue weighted by atomic mass is 10.0. The highest BCUT2D eigenvalue weighted by atomic mass is 16.6. The summed E-state index contributed by atoms with van der Waals surface area (Å²) < 4.78 is 10.0. The monoisotopic (exact) mass is 591 g/mol. The quantitative estimate of drug-likeness (QED) is 0.168. The number of esters is 2. The fourth-order valence-electron chi connectivity index (χ4n) is 3.70. The van der Waals surface area contributed by atoms with Crippen molar-refractivity contribution >= 4 is 53.1 Å². The molecular formula is C26H33N5O11. The lowest BCUT2D eigenvalue weighted by Gasteiger charge is -2.26. The number of anilines is 1. The Morgan fingerprint density at radius 1 is 0.667 bits per heavy atom. The van der Waals surface area contributed by atoms with E-state index in [1.54, 1.807) is 0 Å². The van der Waals surface area contributed by atoms with Gasteiger partial charge in [0.2, 0.25) is 29.9 Å². The topological polar surface area (TPSA) is 235 Å². The SMILES string of the molecule is CC(=O)OC1C(=O)Nc2ccc(cc2)CC(C(=O)O)NC(=O)C(C)NC(=O)C(C)NC(=O)C(C)NC(=O)C1OC(C)=O. The summed E-state index contributed by atoms with van der Waals surface area (Å²) in [6, 6.07) is 0.595. The number of hydrogen-bond donors (Lipinski definition) is 6. The molecule has 0 aromatic heterocycles. The van der Waals surface area contributed by atoms with E-state index in [0.29, 0.717) is 5.56 Å². The van der Waals surface area contributed by atoms with Crippen LogP contribution in [0.1, 0.15) is 40.2 Å². The Hall–Kier alpha value is -5.02. The minimum absolute atomic E-state index is 0.141. The molecule has 3 rings (SSSR count). The van der Waals surface area contributed by atoms with Gasteiger partial charge in [0.25, 0.3) is 11.8 Å². The van der Waals surface area contributed by atoms with Crippen LogP contribution in [0, 0.1) is 0 Å². The maximum Gasteiger partial charge on any atom is 0.326 e. The largest absolute Gasteiger partial charge is 0.480 e. The minimum Gasteiger partial charge on any atom is -0.480 e. The van der Waals surface area contributed by atoms with E-state index < -0.39 is 83.8 Å². The Balaban J connectivity index is 2.50. The minimum atomic E-state index is -2.01. The molecule has 0 radical (unpaired) electrons. The molecule has 0 aliphatic carbocycles. The van der Waals surface area contributed by atoms with Crippen LogP contribution in [0.4, 0.5) is 5.69 Å². The number of benzene rings is 1. The van der Waals surface area contributed by atoms with E-state index in [1.807, 2.05) is 0 Å². The van der Waals surface area contributed by atoms with Gasteiger partial charge in [-0.25, -0.2) is 4.79 Å². The maximum atomic E-state index is 13.1. The molecule has 6 unspecified atom stereocenters. The van der Waals surface area contributed by atoms with Crippen molar-refractivity contribution in [2.75, 3.05) is 5.32 Å². The van der Waals surface area contributed by atoms with Crippen LogP contribution in [0.25, 0.3) is 0 Å². The van der Waals surface area contributed by atoms with Crippen LogP contribution in [-0.4, -0.2) is 88.9 Å². The highest BCUT2D eigenvalue weighted by Gasteiger charge is 2.40. The first-order chi connectivity index (χ1) is 19.6. The molecule has 2 aliphatic rings. The zero-order valence-corrected chi connectivity index (χ0v) is 23.5. The van der Waals surface area contributed by atoms with Crippen LogP contribution < -0.4 is 26.6 Å². The predicted molar refractivity (Wildman–Crippen MR) is 142 cm³/mol. The van der Waals surface area contributed by atoms with Crippen LogP contribution >= 0.6 is 0 Å². The molecule has 6 N–H and O–H groups in total. The molecule has 5 amide bonds. The van der Waals surface area contributed by atoms with Gasteiger partial charge in [0.15, 0.2) is 0 Å². The maximum absolute atomic E-state index is 13.1. The molecule has 0 spiro atoms. The Kier molecular flexibility index (Phi) is 11.5. The zero-order valence-electron chi connectivity index (χ0n) is 23.5. The molecule has 0 saturated carbocycles. The Morgan fingerprint density at radius 3 is 1.50 bits per heavy atom. The number of nitrogens with one attached hydrogen (secondary N) is 5. The molecule has 2 heterocycles.